The lowest BCUT2D eigenvalue weighted by Gasteiger charge is -2.58. The van der Waals surface area contributed by atoms with E-state index in [-0.39, 0.29) is 28.4 Å². The van der Waals surface area contributed by atoms with E-state index >= 15 is 0 Å². The van der Waals surface area contributed by atoms with Crippen molar-refractivity contribution in [2.45, 2.75) is 91.1 Å². The molecule has 0 N–H and O–H groups in total. The maximum atomic E-state index is 13.0. The lowest BCUT2D eigenvalue weighted by atomic mass is 9.47. The molecule has 0 saturated heterocycles. The minimum Gasteiger partial charge on any atom is -0.450 e. The van der Waals surface area contributed by atoms with Crippen molar-refractivity contribution in [1.29, 1.82) is 0 Å². The second kappa shape index (κ2) is 7.46. The molecule has 4 nitrogen and oxygen atoms in total. The number of esters is 1. The van der Waals surface area contributed by atoms with Crippen LogP contribution in [0.2, 0.25) is 0 Å². The minimum atomic E-state index is -0.969. The zero-order chi connectivity index (χ0) is 21.7. The maximum absolute atomic E-state index is 13.0. The molecule has 3 fully saturated rings. The van der Waals surface area contributed by atoms with Crippen molar-refractivity contribution in [3.63, 3.8) is 0 Å². The molecule has 0 aromatic heterocycles. The maximum Gasteiger partial charge on any atom is 0.306 e. The smallest absolute Gasteiger partial charge is 0.306 e. The van der Waals surface area contributed by atoms with Gasteiger partial charge in [0.05, 0.1) is 0 Å². The fourth-order valence-corrected chi connectivity index (χ4v) is 7.58. The van der Waals surface area contributed by atoms with Crippen molar-refractivity contribution >= 4 is 17.5 Å². The van der Waals surface area contributed by atoms with Crippen LogP contribution in [0.25, 0.3) is 0 Å². The van der Waals surface area contributed by atoms with Crippen molar-refractivity contribution in [2.75, 3.05) is 0 Å². The number of hydrogen-bond acceptors (Lipinski definition) is 4. The van der Waals surface area contributed by atoms with Gasteiger partial charge in [0.25, 0.3) is 0 Å². The van der Waals surface area contributed by atoms with Crippen LogP contribution in [0.15, 0.2) is 23.8 Å². The Morgan fingerprint density at radius 2 is 1.87 bits per heavy atom. The SMILES string of the molecule is CCCCC(=O)O[C@]1(C(C)=O)CC[C@H]2[C@@H]3CCC4=CC(=O)C=C[C@]4(C)[C@H]3CC[C@@]21C. The van der Waals surface area contributed by atoms with Gasteiger partial charge in [0.2, 0.25) is 0 Å². The summed E-state index contributed by atoms with van der Waals surface area (Å²) >= 11 is 0. The molecule has 0 aromatic carbocycles. The first-order valence-electron chi connectivity index (χ1n) is 11.8. The van der Waals surface area contributed by atoms with Crippen molar-refractivity contribution in [1.82, 2.24) is 0 Å². The molecule has 4 aliphatic rings. The van der Waals surface area contributed by atoms with Gasteiger partial charge in [-0.25, -0.2) is 0 Å². The highest BCUT2D eigenvalue weighted by Gasteiger charge is 2.67. The number of hydrogen-bond donors (Lipinski definition) is 0. The summed E-state index contributed by atoms with van der Waals surface area (Å²) in [5, 5.41) is 0. The molecule has 0 aliphatic heterocycles. The molecule has 0 bridgehead atoms. The predicted molar refractivity (Wildman–Crippen MR) is 116 cm³/mol. The lowest BCUT2D eigenvalue weighted by Crippen LogP contribution is -2.58. The first-order chi connectivity index (χ1) is 14.2. The summed E-state index contributed by atoms with van der Waals surface area (Å²) in [7, 11) is 0. The Bertz CT molecular complexity index is 823. The minimum absolute atomic E-state index is 0.0153. The third-order valence-corrected chi connectivity index (χ3v) is 9.27. The van der Waals surface area contributed by atoms with Crippen LogP contribution in [0.4, 0.5) is 0 Å². The number of rotatable bonds is 5. The van der Waals surface area contributed by atoms with Crippen LogP contribution in [-0.4, -0.2) is 23.1 Å². The Balaban J connectivity index is 1.64. The molecule has 0 spiro atoms. The number of allylic oxidation sites excluding steroid dienone is 4. The second-order valence-electron chi connectivity index (χ2n) is 10.6. The summed E-state index contributed by atoms with van der Waals surface area (Å²) < 4.78 is 6.10. The summed E-state index contributed by atoms with van der Waals surface area (Å²) in [5.74, 6) is 1.27. The van der Waals surface area contributed by atoms with E-state index in [1.807, 2.05) is 6.08 Å². The Morgan fingerprint density at radius 3 is 2.57 bits per heavy atom. The Hall–Kier alpha value is -1.71. The molecule has 164 valence electrons. The average molecular weight is 413 g/mol. The third kappa shape index (κ3) is 2.97. The van der Waals surface area contributed by atoms with E-state index in [9.17, 15) is 14.4 Å². The van der Waals surface area contributed by atoms with Crippen molar-refractivity contribution in [2.24, 2.45) is 28.6 Å². The Labute approximate surface area is 180 Å². The topological polar surface area (TPSA) is 60.4 Å². The number of ketones is 2. The monoisotopic (exact) mass is 412 g/mol. The number of fused-ring (bicyclic) bond motifs is 5. The van der Waals surface area contributed by atoms with Gasteiger partial charge in [-0.2, -0.15) is 0 Å². The molecular formula is C26H36O4. The number of unbranched alkanes of at least 4 members (excludes halogenated alkanes) is 1. The molecule has 0 amide bonds. The molecule has 4 heteroatoms. The van der Waals surface area contributed by atoms with Gasteiger partial charge in [-0.1, -0.05) is 38.8 Å². The van der Waals surface area contributed by atoms with Crippen LogP contribution in [0, 0.1) is 28.6 Å². The molecule has 3 saturated carbocycles. The third-order valence-electron chi connectivity index (χ3n) is 9.27. The van der Waals surface area contributed by atoms with Gasteiger partial charge in [-0.15, -0.1) is 0 Å². The van der Waals surface area contributed by atoms with Gasteiger partial charge in [0.15, 0.2) is 17.2 Å². The van der Waals surface area contributed by atoms with E-state index in [1.165, 1.54) is 5.57 Å². The summed E-state index contributed by atoms with van der Waals surface area (Å²) in [4.78, 5) is 37.5. The van der Waals surface area contributed by atoms with Gasteiger partial charge in [-0.05, 0) is 81.8 Å². The first-order valence-corrected chi connectivity index (χ1v) is 11.8. The normalized spacial score (nSPS) is 42.1. The highest BCUT2D eigenvalue weighted by atomic mass is 16.6. The highest BCUT2D eigenvalue weighted by Crippen LogP contribution is 2.67. The van der Waals surface area contributed by atoms with Crippen LogP contribution < -0.4 is 0 Å². The molecule has 4 aliphatic carbocycles. The van der Waals surface area contributed by atoms with Gasteiger partial charge in [0.1, 0.15) is 0 Å². The quantitative estimate of drug-likeness (QED) is 0.571. The number of ether oxygens (including phenoxy) is 1. The van der Waals surface area contributed by atoms with E-state index < -0.39 is 5.60 Å². The standard InChI is InChI=1S/C26H36O4/c1-5-6-7-23(29)30-26(17(2)27)15-12-22-20-9-8-18-16-19(28)10-13-24(18,3)21(20)11-14-25(22,26)4/h10,13,16,20-22H,5-9,11-12,14-15H2,1-4H3/t20-,21+,22+,24+,25+,26+/m1/s1. The molecule has 4 rings (SSSR count). The van der Waals surface area contributed by atoms with Gasteiger partial charge < -0.3 is 4.74 Å². The highest BCUT2D eigenvalue weighted by molar-refractivity contribution is 6.01. The zero-order valence-corrected chi connectivity index (χ0v) is 19.0. The van der Waals surface area contributed by atoms with Gasteiger partial charge in [-0.3, -0.25) is 14.4 Å². The van der Waals surface area contributed by atoms with Crippen LogP contribution in [0.5, 0.6) is 0 Å². The van der Waals surface area contributed by atoms with E-state index in [0.717, 1.165) is 44.9 Å². The fraction of sp³-hybridized carbons (Fsp3) is 0.731. The van der Waals surface area contributed by atoms with Crippen LogP contribution in [0.3, 0.4) is 0 Å². The van der Waals surface area contributed by atoms with Crippen molar-refractivity contribution < 1.29 is 19.1 Å². The molecule has 0 radical (unpaired) electrons. The van der Waals surface area contributed by atoms with E-state index in [2.05, 4.69) is 26.8 Å². The molecular weight excluding hydrogens is 376 g/mol. The lowest BCUT2D eigenvalue weighted by molar-refractivity contribution is -0.188. The van der Waals surface area contributed by atoms with Crippen LogP contribution in [-0.2, 0) is 19.1 Å². The van der Waals surface area contributed by atoms with E-state index in [0.29, 0.717) is 30.6 Å². The second-order valence-corrected chi connectivity index (χ2v) is 10.6. The van der Waals surface area contributed by atoms with Crippen LogP contribution >= 0.6 is 0 Å². The fourth-order valence-electron chi connectivity index (χ4n) is 7.58. The Kier molecular flexibility index (Phi) is 5.35. The summed E-state index contributed by atoms with van der Waals surface area (Å²) in [5.41, 5.74) is -0.0461. The first kappa shape index (κ1) is 21.5. The molecule has 0 heterocycles. The average Bonchev–Trinajstić information content (AvgIpc) is 3.00. The van der Waals surface area contributed by atoms with Crippen molar-refractivity contribution in [3.05, 3.63) is 23.8 Å². The Morgan fingerprint density at radius 1 is 1.13 bits per heavy atom. The molecule has 0 aromatic rings. The van der Waals surface area contributed by atoms with Gasteiger partial charge >= 0.3 is 5.97 Å². The van der Waals surface area contributed by atoms with Crippen LogP contribution in [0.1, 0.15) is 85.5 Å². The summed E-state index contributed by atoms with van der Waals surface area (Å²) in [6.07, 6.45) is 13.4. The van der Waals surface area contributed by atoms with E-state index in [1.54, 1.807) is 13.0 Å². The number of carbonyl (C=O) groups is 3. The predicted octanol–water partition coefficient (Wildman–Crippen LogP) is 5.36. The molecule has 0 unspecified atom stereocenters. The molecule has 30 heavy (non-hydrogen) atoms. The summed E-state index contributed by atoms with van der Waals surface area (Å²) in [6.45, 7) is 8.18. The largest absolute Gasteiger partial charge is 0.450 e. The van der Waals surface area contributed by atoms with E-state index in [4.69, 9.17) is 4.74 Å². The summed E-state index contributed by atoms with van der Waals surface area (Å²) in [6, 6.07) is 0. The van der Waals surface area contributed by atoms with Gasteiger partial charge in [0, 0.05) is 17.3 Å². The number of Topliss-reactive ketones (excluding diaryl/α,β-unsaturated/α-hetero) is 1. The number of carbonyl (C=O) groups excluding carboxylic acids is 3. The van der Waals surface area contributed by atoms with Crippen molar-refractivity contribution in [3.8, 4) is 0 Å². The zero-order valence-electron chi connectivity index (χ0n) is 19.0. The molecule has 6 atom stereocenters.